The van der Waals surface area contributed by atoms with Gasteiger partial charge in [-0.15, -0.1) is 0 Å². The van der Waals surface area contributed by atoms with Gasteiger partial charge in [0.1, 0.15) is 18.1 Å². The molecule has 1 unspecified atom stereocenters. The number of likely N-dealkylation sites (tertiary alicyclic amines) is 1. The molecule has 0 bridgehead atoms. The second-order valence-corrected chi connectivity index (χ2v) is 14.7. The Labute approximate surface area is 241 Å². The predicted molar refractivity (Wildman–Crippen MR) is 149 cm³/mol. The van der Waals surface area contributed by atoms with Gasteiger partial charge in [-0.2, -0.15) is 0 Å². The lowest BCUT2D eigenvalue weighted by molar-refractivity contribution is -0.145. The van der Waals surface area contributed by atoms with Crippen LogP contribution in [0.1, 0.15) is 79.6 Å². The third-order valence-electron chi connectivity index (χ3n) is 10.3. The molecule has 0 aromatic rings. The van der Waals surface area contributed by atoms with Gasteiger partial charge in [-0.25, -0.2) is 4.79 Å². The number of hydrogen-bond acceptors (Lipinski definition) is 6. The van der Waals surface area contributed by atoms with Crippen molar-refractivity contribution in [2.24, 2.45) is 46.2 Å². The molecule has 11 heteroatoms. The number of amides is 5. The second kappa shape index (κ2) is 10.4. The van der Waals surface area contributed by atoms with E-state index in [1.165, 1.54) is 4.90 Å². The number of fused-ring (bicyclic) bond motifs is 1. The lowest BCUT2D eigenvalue weighted by atomic mass is 9.77. The molecule has 226 valence electrons. The summed E-state index contributed by atoms with van der Waals surface area (Å²) in [5.41, 5.74) is 4.40. The molecule has 5 amide bonds. The zero-order chi connectivity index (χ0) is 30.0. The number of Topliss-reactive ketones (excluding diaryl/α,β-unsaturated/α-hetero) is 2. The molecule has 11 nitrogen and oxygen atoms in total. The van der Waals surface area contributed by atoms with E-state index >= 15 is 0 Å². The summed E-state index contributed by atoms with van der Waals surface area (Å²) in [5.74, 6) is -2.69. The Bertz CT molecular complexity index is 1150. The van der Waals surface area contributed by atoms with Gasteiger partial charge in [0.15, 0.2) is 5.78 Å². The van der Waals surface area contributed by atoms with Crippen LogP contribution in [0.4, 0.5) is 4.79 Å². The van der Waals surface area contributed by atoms with Crippen molar-refractivity contribution in [2.75, 3.05) is 6.54 Å². The van der Waals surface area contributed by atoms with Crippen LogP contribution in [0.5, 0.6) is 0 Å². The molecule has 5 fully saturated rings. The standard InChI is InChI=1S/C30H45N5O6/c1-29(2,3)24(34-28(41)33-19(14-7-6-8-14)22(36)16-11-12-16)27(40)35-13-17-18(30(17,4)5)21(35)26(39)32-20(15-9-10-15)23(37)25(31)38/h14-21,24H,6-13H2,1-5H3,(H2,31,38)(H,32,39)(H2,33,34,41)/t17-,18-,19-,20?,21-,24+/m0/s1. The summed E-state index contributed by atoms with van der Waals surface area (Å²) in [5, 5.41) is 8.50. The lowest BCUT2D eigenvalue weighted by Crippen LogP contribution is -2.62. The molecule has 5 aliphatic rings. The van der Waals surface area contributed by atoms with Crippen molar-refractivity contribution < 1.29 is 28.8 Å². The quantitative estimate of drug-likeness (QED) is 0.273. The Morgan fingerprint density at radius 2 is 1.46 bits per heavy atom. The summed E-state index contributed by atoms with van der Waals surface area (Å²) in [6.07, 6.45) is 5.98. The Morgan fingerprint density at radius 1 is 0.854 bits per heavy atom. The minimum atomic E-state index is -1.09. The molecule has 1 saturated heterocycles. The van der Waals surface area contributed by atoms with Gasteiger partial charge in [0.05, 0.1) is 6.04 Å². The van der Waals surface area contributed by atoms with Gasteiger partial charge in [0.2, 0.25) is 17.6 Å². The van der Waals surface area contributed by atoms with E-state index in [1.54, 1.807) is 0 Å². The first-order chi connectivity index (χ1) is 19.1. The summed E-state index contributed by atoms with van der Waals surface area (Å²) < 4.78 is 0. The van der Waals surface area contributed by atoms with Gasteiger partial charge in [0, 0.05) is 12.5 Å². The van der Waals surface area contributed by atoms with Crippen molar-refractivity contribution in [3.8, 4) is 0 Å². The summed E-state index contributed by atoms with van der Waals surface area (Å²) >= 11 is 0. The van der Waals surface area contributed by atoms with Gasteiger partial charge in [-0.1, -0.05) is 41.0 Å². The Kier molecular flexibility index (Phi) is 7.47. The van der Waals surface area contributed by atoms with Gasteiger partial charge < -0.3 is 26.6 Å². The van der Waals surface area contributed by atoms with E-state index in [2.05, 4.69) is 29.8 Å². The van der Waals surface area contributed by atoms with E-state index in [0.29, 0.717) is 19.4 Å². The van der Waals surface area contributed by atoms with Crippen molar-refractivity contribution in [1.29, 1.82) is 0 Å². The molecule has 5 N–H and O–H groups in total. The summed E-state index contributed by atoms with van der Waals surface area (Å²) in [6, 6.07) is -3.89. The largest absolute Gasteiger partial charge is 0.363 e. The SMILES string of the molecule is CC(C)(C)[C@H](NC(=O)N[C@H](C(=O)C1CC1)C1CCC1)C(=O)N1C[C@H]2[C@@H]([C@H]1C(=O)NC(C(=O)C(N)=O)C1CC1)C2(C)C. The van der Waals surface area contributed by atoms with E-state index in [-0.39, 0.29) is 46.7 Å². The molecule has 5 rings (SSSR count). The molecule has 0 aromatic heterocycles. The summed E-state index contributed by atoms with van der Waals surface area (Å²) in [6.45, 7) is 10.0. The van der Waals surface area contributed by atoms with Crippen molar-refractivity contribution in [3.63, 3.8) is 0 Å². The fraction of sp³-hybridized carbons (Fsp3) is 0.800. The number of primary amides is 1. The van der Waals surface area contributed by atoms with E-state index in [4.69, 9.17) is 5.73 Å². The first-order valence-corrected chi connectivity index (χ1v) is 15.2. The minimum Gasteiger partial charge on any atom is -0.363 e. The number of rotatable bonds is 11. The highest BCUT2D eigenvalue weighted by Crippen LogP contribution is 2.65. The molecule has 41 heavy (non-hydrogen) atoms. The second-order valence-electron chi connectivity index (χ2n) is 14.7. The number of nitrogens with two attached hydrogens (primary N) is 1. The summed E-state index contributed by atoms with van der Waals surface area (Å²) in [4.78, 5) is 79.7. The first kappa shape index (κ1) is 29.5. The molecule has 6 atom stereocenters. The van der Waals surface area contributed by atoms with Gasteiger partial charge in [0.25, 0.3) is 5.91 Å². The average Bonchev–Trinajstić information content (AvgIpc) is 3.78. The van der Waals surface area contributed by atoms with Crippen LogP contribution in [0, 0.1) is 40.4 Å². The van der Waals surface area contributed by atoms with Crippen LogP contribution in [0.2, 0.25) is 0 Å². The smallest absolute Gasteiger partial charge is 0.316 e. The molecule has 0 aromatic carbocycles. The maximum absolute atomic E-state index is 14.1. The Hall–Kier alpha value is -2.98. The van der Waals surface area contributed by atoms with E-state index in [9.17, 15) is 28.8 Å². The number of urea groups is 1. The van der Waals surface area contributed by atoms with Gasteiger partial charge in [-0.3, -0.25) is 24.0 Å². The maximum Gasteiger partial charge on any atom is 0.316 e. The van der Waals surface area contributed by atoms with Gasteiger partial charge >= 0.3 is 6.03 Å². The monoisotopic (exact) mass is 571 g/mol. The molecular weight excluding hydrogens is 526 g/mol. The van der Waals surface area contributed by atoms with Crippen LogP contribution in [-0.2, 0) is 24.0 Å². The number of nitrogens with one attached hydrogen (secondary N) is 3. The highest BCUT2D eigenvalue weighted by Gasteiger charge is 2.70. The molecular formula is C30H45N5O6. The number of nitrogens with zero attached hydrogens (tertiary/aromatic N) is 1. The fourth-order valence-electron chi connectivity index (χ4n) is 6.98. The fourth-order valence-corrected chi connectivity index (χ4v) is 6.98. The number of hydrogen-bond donors (Lipinski definition) is 4. The minimum absolute atomic E-state index is 0.0146. The molecule has 0 spiro atoms. The molecule has 1 heterocycles. The lowest BCUT2D eigenvalue weighted by Gasteiger charge is -2.38. The number of carbonyl (C=O) groups is 6. The van der Waals surface area contributed by atoms with Crippen molar-refractivity contribution >= 4 is 35.3 Å². The number of ketones is 2. The van der Waals surface area contributed by atoms with Crippen LogP contribution in [0.25, 0.3) is 0 Å². The zero-order valence-electron chi connectivity index (χ0n) is 24.8. The van der Waals surface area contributed by atoms with Crippen molar-refractivity contribution in [3.05, 3.63) is 0 Å². The topological polar surface area (TPSA) is 168 Å². The highest BCUT2D eigenvalue weighted by molar-refractivity contribution is 6.38. The van der Waals surface area contributed by atoms with Gasteiger partial charge in [-0.05, 0) is 73.0 Å². The maximum atomic E-state index is 14.1. The highest BCUT2D eigenvalue weighted by atomic mass is 16.2. The number of carbonyl (C=O) groups excluding carboxylic acids is 6. The molecule has 1 aliphatic heterocycles. The van der Waals surface area contributed by atoms with Crippen LogP contribution in [-0.4, -0.2) is 70.9 Å². The van der Waals surface area contributed by atoms with E-state index in [0.717, 1.165) is 32.1 Å². The van der Waals surface area contributed by atoms with Crippen LogP contribution in [0.3, 0.4) is 0 Å². The van der Waals surface area contributed by atoms with Crippen molar-refractivity contribution in [1.82, 2.24) is 20.9 Å². The molecule has 0 radical (unpaired) electrons. The Balaban J connectivity index is 1.32. The Morgan fingerprint density at radius 3 is 1.95 bits per heavy atom. The first-order valence-electron chi connectivity index (χ1n) is 15.2. The zero-order valence-corrected chi connectivity index (χ0v) is 24.8. The van der Waals surface area contributed by atoms with Crippen LogP contribution >= 0.6 is 0 Å². The third kappa shape index (κ3) is 5.73. The van der Waals surface area contributed by atoms with Crippen LogP contribution in [0.15, 0.2) is 0 Å². The number of piperidine rings is 1. The third-order valence-corrected chi connectivity index (χ3v) is 10.3. The summed E-state index contributed by atoms with van der Waals surface area (Å²) in [7, 11) is 0. The van der Waals surface area contributed by atoms with E-state index in [1.807, 2.05) is 20.8 Å². The van der Waals surface area contributed by atoms with E-state index < -0.39 is 53.2 Å². The predicted octanol–water partition coefficient (Wildman–Crippen LogP) is 1.28. The van der Waals surface area contributed by atoms with Crippen LogP contribution < -0.4 is 21.7 Å². The average molecular weight is 572 g/mol. The molecule has 4 aliphatic carbocycles. The normalized spacial score (nSPS) is 28.8. The van der Waals surface area contributed by atoms with Crippen molar-refractivity contribution in [2.45, 2.75) is 104 Å². The molecule has 4 saturated carbocycles.